The average molecular weight is 1210 g/mol. The van der Waals surface area contributed by atoms with Crippen LogP contribution in [0, 0.1) is 40.5 Å². The number of methoxy groups -OCH3 is 1. The van der Waals surface area contributed by atoms with Crippen LogP contribution >= 0.6 is 22.9 Å². The van der Waals surface area contributed by atoms with Crippen LogP contribution < -0.4 is 41.1 Å². The number of anilines is 2. The Bertz CT molecular complexity index is 3160. The number of thiophene rings is 1. The number of piperazine rings is 1. The Kier molecular flexibility index (Phi) is 27.3. The molecule has 0 spiro atoms. The number of amides is 3. The maximum Gasteiger partial charge on any atom is 0.318 e. The van der Waals surface area contributed by atoms with Gasteiger partial charge in [0.15, 0.2) is 5.82 Å². The van der Waals surface area contributed by atoms with E-state index >= 15 is 4.39 Å². The Hall–Kier alpha value is -6.70. The van der Waals surface area contributed by atoms with E-state index in [9.17, 15) is 37.2 Å². The fraction of sp³-hybridized carbons (Fsp3) is 0.484. The number of hydrogen-bond acceptors (Lipinski definition) is 13. The highest BCUT2D eigenvalue weighted by atomic mass is 35.5. The van der Waals surface area contributed by atoms with E-state index in [0.717, 1.165) is 87.2 Å². The van der Waals surface area contributed by atoms with Crippen molar-refractivity contribution >= 4 is 74.8 Å². The Labute approximate surface area is 499 Å². The van der Waals surface area contributed by atoms with E-state index in [-0.39, 0.29) is 72.4 Å². The number of nitrogens with two attached hydrogens (primary N) is 1. The van der Waals surface area contributed by atoms with Crippen LogP contribution in [0.25, 0.3) is 33.9 Å². The highest BCUT2D eigenvalue weighted by Crippen LogP contribution is 2.36. The van der Waals surface area contributed by atoms with Crippen molar-refractivity contribution in [2.75, 3.05) is 76.8 Å². The molecule has 4 fully saturated rings. The number of halogens is 6. The molecule has 15 nitrogen and oxygen atoms in total. The van der Waals surface area contributed by atoms with E-state index < -0.39 is 29.1 Å². The zero-order valence-electron chi connectivity index (χ0n) is 49.4. The molecule has 9 rings (SSSR count). The van der Waals surface area contributed by atoms with E-state index in [1.807, 2.05) is 24.8 Å². The van der Waals surface area contributed by atoms with E-state index in [0.29, 0.717) is 73.1 Å². The first-order valence-corrected chi connectivity index (χ1v) is 29.8. The summed E-state index contributed by atoms with van der Waals surface area (Å²) in [5.74, 6) is -2.97. The van der Waals surface area contributed by atoms with Gasteiger partial charge in [-0.3, -0.25) is 14.4 Å². The van der Waals surface area contributed by atoms with Crippen molar-refractivity contribution in [2.24, 2.45) is 5.92 Å². The summed E-state index contributed by atoms with van der Waals surface area (Å²) in [6.45, 7) is 24.8. The summed E-state index contributed by atoms with van der Waals surface area (Å²) in [6, 6.07) is 12.0. The van der Waals surface area contributed by atoms with Gasteiger partial charge in [0.05, 0.1) is 47.0 Å². The van der Waals surface area contributed by atoms with Gasteiger partial charge in [-0.25, -0.2) is 22.0 Å². The molecular weight excluding hydrogens is 1130 g/mol. The summed E-state index contributed by atoms with van der Waals surface area (Å²) >= 11 is 7.44. The molecule has 4 aliphatic rings. The van der Waals surface area contributed by atoms with E-state index in [1.165, 1.54) is 51.2 Å². The van der Waals surface area contributed by atoms with Crippen LogP contribution in [0.3, 0.4) is 0 Å². The van der Waals surface area contributed by atoms with Gasteiger partial charge >= 0.3 is 6.01 Å². The number of allylic oxidation sites excluding steroid dienone is 1. The van der Waals surface area contributed by atoms with Crippen LogP contribution in [0.5, 0.6) is 6.01 Å². The van der Waals surface area contributed by atoms with Crippen LogP contribution in [0.4, 0.5) is 32.8 Å². The van der Waals surface area contributed by atoms with Gasteiger partial charge in [-0.1, -0.05) is 77.1 Å². The smallest absolute Gasteiger partial charge is 0.318 e. The number of carbonyl (C=O) groups is 3. The zero-order valence-corrected chi connectivity index (χ0v) is 50.9. The molecule has 84 heavy (non-hydrogen) atoms. The molecule has 0 aliphatic carbocycles. The number of nitrogens with one attached hydrogen (secondary N) is 3. The minimum absolute atomic E-state index is 0.0183. The molecule has 5 N–H and O–H groups in total. The lowest BCUT2D eigenvalue weighted by Crippen LogP contribution is -2.51. The van der Waals surface area contributed by atoms with Gasteiger partial charge < -0.3 is 45.9 Å². The average Bonchev–Trinajstić information content (AvgIpc) is 2.90. The molecular formula is C62H80ClF5N10O5S. The number of nitrogens with zero attached hydrogens (tertiary/aromatic N) is 6. The number of ether oxygens (including phenoxy) is 2. The van der Waals surface area contributed by atoms with Crippen molar-refractivity contribution in [3.05, 3.63) is 110 Å². The van der Waals surface area contributed by atoms with Crippen molar-refractivity contribution in [3.8, 4) is 23.2 Å². The third-order valence-corrected chi connectivity index (χ3v) is 15.5. The molecule has 4 aliphatic heterocycles. The molecule has 2 bridgehead atoms. The second kappa shape index (κ2) is 33.7. The van der Waals surface area contributed by atoms with Crippen LogP contribution in [0.1, 0.15) is 123 Å². The number of carbonyl (C=O) groups excluding carboxylic acids is 3. The predicted molar refractivity (Wildman–Crippen MR) is 325 cm³/mol. The first-order valence-electron chi connectivity index (χ1n) is 28.6. The standard InChI is InChI=1S/C24H21ClF2N6OS.C17H31N3O3.C15H12F3NO.C4H10.C2H6/c1-3-18(26)21-13(16(8-28)22(29)35-21)6-14-17(25)7-15-20(19(14)27)31-24(34-2)32-23(15)33-9-11-4-5-12(10-33)30-11;1-15-6-4-11-20(15)17(22)14-18-16(21)7-13-23-12-5-10-19-8-2-3-9-19;1-9(19-8-20)10-2-4-11(5-3-10)15-13(17)6-12(16)7-14(15)18;1-4(2)3;1-2/h3,6-7,11-12,30H,1,4-5,9-10,29H2,2H3;15H,2-14H2,1H3,(H,18,21);2-9H,1H3,(H,19,20);4H,1-3H3;1-2H3/b13-6+,21-18-;;;;. The molecule has 3 aromatic carbocycles. The molecule has 4 saturated heterocycles. The SMILES string of the molecule is C=C/C(F)=c1/sc(N)c(C#N)/c1=C\c1c(Cl)cc2c(N3CC4CCC(C3)N4)nc(OC)nc2c1F.CC.CC(C)C.CC(NC=O)c1ccc(-c2c(F)cc(F)cc2F)cc1.CC1CCCN1C(=O)CNC(=O)CCOCCCN1CCCC1. The number of rotatable bonds is 17. The summed E-state index contributed by atoms with van der Waals surface area (Å²) in [6.07, 6.45) is 11.1. The molecule has 22 heteroatoms. The molecule has 456 valence electrons. The van der Waals surface area contributed by atoms with E-state index in [4.69, 9.17) is 26.8 Å². The van der Waals surface area contributed by atoms with Crippen molar-refractivity contribution in [2.45, 2.75) is 124 Å². The fourth-order valence-electron chi connectivity index (χ4n) is 10.0. The lowest BCUT2D eigenvalue weighted by molar-refractivity contribution is -0.133. The van der Waals surface area contributed by atoms with E-state index in [1.54, 1.807) is 25.1 Å². The summed E-state index contributed by atoms with van der Waals surface area (Å²) in [5, 5.41) is 19.2. The van der Waals surface area contributed by atoms with Gasteiger partial charge in [0, 0.05) is 85.6 Å². The Balaban J connectivity index is 0.000000230. The third-order valence-electron chi connectivity index (χ3n) is 14.1. The maximum absolute atomic E-state index is 16.0. The first-order chi connectivity index (χ1) is 40.3. The minimum atomic E-state index is -0.954. The van der Waals surface area contributed by atoms with Crippen molar-refractivity contribution < 1.29 is 45.8 Å². The largest absolute Gasteiger partial charge is 0.467 e. The van der Waals surface area contributed by atoms with Gasteiger partial charge in [0.2, 0.25) is 18.2 Å². The van der Waals surface area contributed by atoms with Crippen molar-refractivity contribution in [1.29, 1.82) is 5.26 Å². The molecule has 0 saturated carbocycles. The Morgan fingerprint density at radius 2 is 1.62 bits per heavy atom. The summed E-state index contributed by atoms with van der Waals surface area (Å²) in [4.78, 5) is 49.2. The van der Waals surface area contributed by atoms with Crippen molar-refractivity contribution in [1.82, 2.24) is 35.7 Å². The first kappa shape index (κ1) is 68.1. The molecule has 4 unspecified atom stereocenters. The summed E-state index contributed by atoms with van der Waals surface area (Å²) < 4.78 is 81.4. The number of nitriles is 1. The molecule has 2 aromatic heterocycles. The van der Waals surface area contributed by atoms with Gasteiger partial charge in [-0.2, -0.15) is 15.2 Å². The number of benzene rings is 3. The third kappa shape index (κ3) is 18.9. The van der Waals surface area contributed by atoms with Gasteiger partial charge in [-0.15, -0.1) is 11.3 Å². The topological polar surface area (TPSA) is 191 Å². The lowest BCUT2D eigenvalue weighted by atomic mass is 10.0. The van der Waals surface area contributed by atoms with Crippen LogP contribution in [0.2, 0.25) is 5.02 Å². The normalized spacial score (nSPS) is 18.0. The zero-order chi connectivity index (χ0) is 61.6. The maximum atomic E-state index is 16.0. The predicted octanol–water partition coefficient (Wildman–Crippen LogP) is 10.3. The monoisotopic (exact) mass is 1210 g/mol. The Morgan fingerprint density at radius 1 is 0.976 bits per heavy atom. The number of hydrogen-bond donors (Lipinski definition) is 4. The second-order valence-electron chi connectivity index (χ2n) is 21.2. The molecule has 3 amide bonds. The van der Waals surface area contributed by atoms with Crippen LogP contribution in [0.15, 0.2) is 55.1 Å². The number of fused-ring (bicyclic) bond motifs is 3. The van der Waals surface area contributed by atoms with Crippen LogP contribution in [-0.4, -0.2) is 122 Å². The highest BCUT2D eigenvalue weighted by Gasteiger charge is 2.34. The quantitative estimate of drug-likeness (QED) is 0.0392. The van der Waals surface area contributed by atoms with Gasteiger partial charge in [-0.05, 0) is 107 Å². The van der Waals surface area contributed by atoms with Crippen LogP contribution in [-0.2, 0) is 19.1 Å². The number of aromatic nitrogens is 2. The highest BCUT2D eigenvalue weighted by molar-refractivity contribution is 7.14. The van der Waals surface area contributed by atoms with Gasteiger partial charge in [0.25, 0.3) is 0 Å². The molecule has 0 radical (unpaired) electrons. The molecule has 4 atom stereocenters. The molecule has 6 heterocycles. The second-order valence-corrected chi connectivity index (χ2v) is 22.6. The number of nitrogen functional groups attached to an aromatic ring is 1. The fourth-order valence-corrected chi connectivity index (χ4v) is 11.2. The van der Waals surface area contributed by atoms with Crippen molar-refractivity contribution in [3.63, 3.8) is 0 Å². The van der Waals surface area contributed by atoms with Gasteiger partial charge in [0.1, 0.15) is 45.7 Å². The molecule has 5 aromatic rings. The van der Waals surface area contributed by atoms with E-state index in [2.05, 4.69) is 70.0 Å². The number of likely N-dealkylation sites (tertiary alicyclic amines) is 2. The minimum Gasteiger partial charge on any atom is -0.467 e. The lowest BCUT2D eigenvalue weighted by Gasteiger charge is -2.34. The summed E-state index contributed by atoms with van der Waals surface area (Å²) in [5.41, 5.74) is 6.77. The summed E-state index contributed by atoms with van der Waals surface area (Å²) in [7, 11) is 1.42. The Morgan fingerprint density at radius 3 is 2.19 bits per heavy atom.